The fraction of sp³-hybridized carbons (Fsp3) is 0.769. The van der Waals surface area contributed by atoms with E-state index in [4.69, 9.17) is 0 Å². The van der Waals surface area contributed by atoms with Gasteiger partial charge in [-0.05, 0) is 32.4 Å². The summed E-state index contributed by atoms with van der Waals surface area (Å²) in [7, 11) is 2.04. The first kappa shape index (κ1) is 13.2. The molecule has 0 radical (unpaired) electrons. The summed E-state index contributed by atoms with van der Waals surface area (Å²) in [5.74, 6) is 0.648. The molecule has 1 heterocycles. The van der Waals surface area contributed by atoms with Crippen LogP contribution in [0.2, 0.25) is 0 Å². The molecule has 92 valence electrons. The van der Waals surface area contributed by atoms with E-state index in [9.17, 15) is 0 Å². The minimum absolute atomic E-state index is 0.534. The van der Waals surface area contributed by atoms with Crippen molar-refractivity contribution in [3.63, 3.8) is 0 Å². The molecule has 3 nitrogen and oxygen atoms in total. The van der Waals surface area contributed by atoms with Crippen molar-refractivity contribution < 1.29 is 0 Å². The number of aromatic nitrogens is 2. The van der Waals surface area contributed by atoms with Crippen LogP contribution in [0.1, 0.15) is 39.1 Å². The number of rotatable bonds is 6. The van der Waals surface area contributed by atoms with Gasteiger partial charge in [0.15, 0.2) is 0 Å². The van der Waals surface area contributed by atoms with Crippen LogP contribution in [0.25, 0.3) is 0 Å². The summed E-state index contributed by atoms with van der Waals surface area (Å²) in [6, 6.07) is 2.78. The molecule has 1 atom stereocenters. The normalized spacial score (nSPS) is 13.4. The van der Waals surface area contributed by atoms with Crippen molar-refractivity contribution in [1.82, 2.24) is 15.1 Å². The topological polar surface area (TPSA) is 29.9 Å². The lowest BCUT2D eigenvalue weighted by Gasteiger charge is -2.20. The molecule has 0 aliphatic carbocycles. The second kappa shape index (κ2) is 6.04. The Morgan fingerprint density at radius 3 is 2.50 bits per heavy atom. The fourth-order valence-electron chi connectivity index (χ4n) is 2.02. The van der Waals surface area contributed by atoms with Crippen LogP contribution in [0.3, 0.4) is 0 Å². The largest absolute Gasteiger partial charge is 0.316 e. The molecule has 1 rings (SSSR count). The summed E-state index contributed by atoms with van der Waals surface area (Å²) in [5, 5.41) is 7.97. The monoisotopic (exact) mass is 223 g/mol. The van der Waals surface area contributed by atoms with Gasteiger partial charge in [0.2, 0.25) is 0 Å². The minimum Gasteiger partial charge on any atom is -0.316 e. The Kier molecular flexibility index (Phi) is 5.00. The Morgan fingerprint density at radius 2 is 2.06 bits per heavy atom. The van der Waals surface area contributed by atoms with Crippen molar-refractivity contribution in [2.75, 3.05) is 7.05 Å². The first-order valence-electron chi connectivity index (χ1n) is 6.35. The zero-order chi connectivity index (χ0) is 12.1. The molecule has 0 fully saturated rings. The Bertz CT molecular complexity index is 315. The molecule has 1 aromatic heterocycles. The summed E-state index contributed by atoms with van der Waals surface area (Å²) >= 11 is 0. The number of hydrogen-bond acceptors (Lipinski definition) is 2. The van der Waals surface area contributed by atoms with E-state index in [0.29, 0.717) is 12.0 Å². The molecule has 1 unspecified atom stereocenters. The van der Waals surface area contributed by atoms with E-state index < -0.39 is 0 Å². The van der Waals surface area contributed by atoms with Gasteiger partial charge in [-0.1, -0.05) is 20.8 Å². The van der Waals surface area contributed by atoms with Crippen LogP contribution >= 0.6 is 0 Å². The van der Waals surface area contributed by atoms with E-state index in [1.165, 1.54) is 11.4 Å². The van der Waals surface area contributed by atoms with Crippen molar-refractivity contribution in [2.24, 2.45) is 5.92 Å². The van der Waals surface area contributed by atoms with E-state index in [1.54, 1.807) is 0 Å². The second-order valence-corrected chi connectivity index (χ2v) is 4.64. The van der Waals surface area contributed by atoms with E-state index in [2.05, 4.69) is 48.9 Å². The van der Waals surface area contributed by atoms with Crippen LogP contribution in [-0.2, 0) is 19.4 Å². The second-order valence-electron chi connectivity index (χ2n) is 4.64. The molecular weight excluding hydrogens is 198 g/mol. The van der Waals surface area contributed by atoms with Gasteiger partial charge in [-0.15, -0.1) is 0 Å². The molecule has 0 aliphatic heterocycles. The average Bonchev–Trinajstić information content (AvgIpc) is 2.67. The van der Waals surface area contributed by atoms with Crippen molar-refractivity contribution in [3.05, 3.63) is 17.5 Å². The van der Waals surface area contributed by atoms with Gasteiger partial charge in [0.1, 0.15) is 0 Å². The van der Waals surface area contributed by atoms with Gasteiger partial charge in [-0.3, -0.25) is 4.68 Å². The molecule has 0 bridgehead atoms. The molecule has 0 aliphatic rings. The number of nitrogens with zero attached hydrogens (tertiary/aromatic N) is 2. The third-order valence-corrected chi connectivity index (χ3v) is 3.18. The number of nitrogens with one attached hydrogen (secondary N) is 1. The lowest BCUT2D eigenvalue weighted by molar-refractivity contribution is 0.412. The van der Waals surface area contributed by atoms with Crippen molar-refractivity contribution in [2.45, 2.75) is 53.1 Å². The quantitative estimate of drug-likeness (QED) is 0.801. The predicted molar refractivity (Wildman–Crippen MR) is 68.7 cm³/mol. The highest BCUT2D eigenvalue weighted by molar-refractivity contribution is 5.12. The van der Waals surface area contributed by atoms with Gasteiger partial charge >= 0.3 is 0 Å². The zero-order valence-corrected chi connectivity index (χ0v) is 11.2. The maximum Gasteiger partial charge on any atom is 0.0624 e. The fourth-order valence-corrected chi connectivity index (χ4v) is 2.02. The highest BCUT2D eigenvalue weighted by Crippen LogP contribution is 2.12. The van der Waals surface area contributed by atoms with Gasteiger partial charge in [0.25, 0.3) is 0 Å². The molecule has 0 aromatic carbocycles. The van der Waals surface area contributed by atoms with E-state index in [1.807, 2.05) is 7.05 Å². The van der Waals surface area contributed by atoms with E-state index in [-0.39, 0.29) is 0 Å². The average molecular weight is 223 g/mol. The predicted octanol–water partition coefficient (Wildman–Crippen LogP) is 2.25. The van der Waals surface area contributed by atoms with Gasteiger partial charge in [-0.25, -0.2) is 0 Å². The highest BCUT2D eigenvalue weighted by atomic mass is 15.3. The summed E-state index contributed by atoms with van der Waals surface area (Å²) in [6.45, 7) is 9.79. The van der Waals surface area contributed by atoms with Crippen molar-refractivity contribution >= 4 is 0 Å². The van der Waals surface area contributed by atoms with Crippen molar-refractivity contribution in [3.8, 4) is 0 Å². The smallest absolute Gasteiger partial charge is 0.0624 e. The maximum absolute atomic E-state index is 4.58. The minimum atomic E-state index is 0.534. The number of hydrogen-bond donors (Lipinski definition) is 1. The van der Waals surface area contributed by atoms with Gasteiger partial charge in [-0.2, -0.15) is 5.10 Å². The third-order valence-electron chi connectivity index (χ3n) is 3.18. The molecule has 0 amide bonds. The molecular formula is C13H25N3. The van der Waals surface area contributed by atoms with Crippen molar-refractivity contribution in [1.29, 1.82) is 0 Å². The Labute approximate surface area is 99.2 Å². The van der Waals surface area contributed by atoms with Crippen LogP contribution in [0.5, 0.6) is 0 Å². The van der Waals surface area contributed by atoms with Crippen LogP contribution in [-0.4, -0.2) is 22.9 Å². The standard InChI is InChI=1S/C13H25N3/c1-6-11-8-12(16(7-2)15-11)9-13(14-5)10(3)4/h8,10,13-14H,6-7,9H2,1-5H3. The van der Waals surface area contributed by atoms with Gasteiger partial charge in [0, 0.05) is 24.7 Å². The van der Waals surface area contributed by atoms with Crippen LogP contribution in [0.15, 0.2) is 6.07 Å². The van der Waals surface area contributed by atoms with Gasteiger partial charge in [0.05, 0.1) is 5.69 Å². The molecule has 1 aromatic rings. The maximum atomic E-state index is 4.58. The summed E-state index contributed by atoms with van der Waals surface area (Å²) in [5.41, 5.74) is 2.56. The SMILES string of the molecule is CCc1cc(CC(NC)C(C)C)n(CC)n1. The number of likely N-dealkylation sites (N-methyl/N-ethyl adjacent to an activating group) is 1. The molecule has 1 N–H and O–H groups in total. The summed E-state index contributed by atoms with van der Waals surface area (Å²) in [6.07, 6.45) is 2.08. The summed E-state index contributed by atoms with van der Waals surface area (Å²) in [4.78, 5) is 0. The first-order chi connectivity index (χ1) is 7.62. The zero-order valence-electron chi connectivity index (χ0n) is 11.2. The molecule has 0 spiro atoms. The first-order valence-corrected chi connectivity index (χ1v) is 6.35. The number of aryl methyl sites for hydroxylation is 2. The lowest BCUT2D eigenvalue weighted by atomic mass is 9.99. The molecule has 3 heteroatoms. The Morgan fingerprint density at radius 1 is 1.38 bits per heavy atom. The lowest BCUT2D eigenvalue weighted by Crippen LogP contribution is -2.33. The van der Waals surface area contributed by atoms with E-state index in [0.717, 1.165) is 19.4 Å². The third kappa shape index (κ3) is 3.08. The Balaban J connectivity index is 2.81. The van der Waals surface area contributed by atoms with Crippen LogP contribution < -0.4 is 5.32 Å². The molecule has 0 saturated carbocycles. The van der Waals surface area contributed by atoms with E-state index >= 15 is 0 Å². The Hall–Kier alpha value is -0.830. The van der Waals surface area contributed by atoms with Crippen LogP contribution in [0.4, 0.5) is 0 Å². The highest BCUT2D eigenvalue weighted by Gasteiger charge is 2.15. The molecule has 16 heavy (non-hydrogen) atoms. The summed E-state index contributed by atoms with van der Waals surface area (Å²) < 4.78 is 2.13. The van der Waals surface area contributed by atoms with Crippen LogP contribution in [0, 0.1) is 5.92 Å². The van der Waals surface area contributed by atoms with Gasteiger partial charge < -0.3 is 5.32 Å². The molecule has 0 saturated heterocycles.